The van der Waals surface area contributed by atoms with Crippen LogP contribution in [0.3, 0.4) is 0 Å². The smallest absolute Gasteiger partial charge is 0.271 e. The first kappa shape index (κ1) is 36.8. The molecule has 2 aromatic heterocycles. The van der Waals surface area contributed by atoms with Gasteiger partial charge in [0.05, 0.1) is 25.6 Å². The molecule has 16 nitrogen and oxygen atoms in total. The largest absolute Gasteiger partial charge is 0.493 e. The zero-order valence-electron chi connectivity index (χ0n) is 28.7. The lowest BCUT2D eigenvalue weighted by Crippen LogP contribution is -2.57. The summed E-state index contributed by atoms with van der Waals surface area (Å²) in [5.41, 5.74) is 1.17. The van der Waals surface area contributed by atoms with Crippen LogP contribution in [0.15, 0.2) is 30.6 Å². The van der Waals surface area contributed by atoms with Gasteiger partial charge in [-0.25, -0.2) is 4.98 Å². The van der Waals surface area contributed by atoms with E-state index in [9.17, 15) is 24.3 Å². The fourth-order valence-corrected chi connectivity index (χ4v) is 5.39. The van der Waals surface area contributed by atoms with Crippen LogP contribution < -0.4 is 25.4 Å². The van der Waals surface area contributed by atoms with E-state index in [1.54, 1.807) is 34.8 Å². The summed E-state index contributed by atoms with van der Waals surface area (Å²) < 4.78 is 13.1. The van der Waals surface area contributed by atoms with E-state index in [0.717, 1.165) is 0 Å². The number of ether oxygens (including phenoxy) is 2. The second kappa shape index (κ2) is 17.4. The number of rotatable bonds is 5. The van der Waals surface area contributed by atoms with Crippen molar-refractivity contribution in [3.8, 4) is 11.5 Å². The van der Waals surface area contributed by atoms with Gasteiger partial charge in [-0.05, 0) is 63.6 Å². The molecule has 0 aliphatic carbocycles. The lowest BCUT2D eigenvalue weighted by atomic mass is 10.0. The molecule has 0 saturated carbocycles. The van der Waals surface area contributed by atoms with Crippen LogP contribution in [0, 0.1) is 12.8 Å². The van der Waals surface area contributed by atoms with Crippen LogP contribution in [0.4, 0.5) is 0 Å². The first-order chi connectivity index (χ1) is 23.4. The van der Waals surface area contributed by atoms with Crippen molar-refractivity contribution < 1.29 is 33.8 Å². The Kier molecular flexibility index (Phi) is 13.1. The normalized spacial score (nSPS) is 19.6. The number of aliphatic hydroxyl groups is 1. The minimum Gasteiger partial charge on any atom is -0.493 e. The minimum absolute atomic E-state index is 0.0219. The molecule has 1 aliphatic heterocycles. The summed E-state index contributed by atoms with van der Waals surface area (Å²) in [5, 5.41) is 27.0. The second-order valence-corrected chi connectivity index (χ2v) is 12.5. The second-order valence-electron chi connectivity index (χ2n) is 12.5. The van der Waals surface area contributed by atoms with Gasteiger partial charge in [0, 0.05) is 31.7 Å². The van der Waals surface area contributed by atoms with E-state index in [1.807, 2.05) is 13.8 Å². The lowest BCUT2D eigenvalue weighted by Gasteiger charge is -2.26. The summed E-state index contributed by atoms with van der Waals surface area (Å²) in [5.74, 6) is -0.531. The van der Waals surface area contributed by atoms with Crippen molar-refractivity contribution in [3.63, 3.8) is 0 Å². The first-order valence-electron chi connectivity index (χ1n) is 16.5. The molecular formula is C33H47N9O7. The number of aryl methyl sites for hydroxylation is 2. The molecule has 1 aromatic carbocycles. The fraction of sp³-hybridized carbons (Fsp3) is 0.545. The molecule has 4 rings (SSSR count). The molecule has 266 valence electrons. The summed E-state index contributed by atoms with van der Waals surface area (Å²) in [7, 11) is 1.48. The van der Waals surface area contributed by atoms with E-state index in [4.69, 9.17) is 9.47 Å². The van der Waals surface area contributed by atoms with Crippen LogP contribution in [-0.4, -0.2) is 104 Å². The number of aromatic amines is 1. The Labute approximate surface area is 285 Å². The predicted octanol–water partition coefficient (Wildman–Crippen LogP) is 1.35. The zero-order valence-corrected chi connectivity index (χ0v) is 28.7. The molecule has 5 N–H and O–H groups in total. The average Bonchev–Trinajstić information content (AvgIpc) is 3.72. The third-order valence-electron chi connectivity index (χ3n) is 7.97. The molecule has 49 heavy (non-hydrogen) atoms. The Bertz CT molecular complexity index is 1590. The molecule has 0 spiro atoms. The highest BCUT2D eigenvalue weighted by molar-refractivity contribution is 5.99. The predicted molar refractivity (Wildman–Crippen MR) is 178 cm³/mol. The number of hydrogen-bond acceptors (Lipinski definition) is 10. The van der Waals surface area contributed by atoms with Crippen LogP contribution in [0.2, 0.25) is 0 Å². The third kappa shape index (κ3) is 10.5. The number of amides is 4. The Hall–Kier alpha value is -4.99. The number of aromatic nitrogens is 5. The molecule has 1 aliphatic rings. The van der Waals surface area contributed by atoms with E-state index in [1.165, 1.54) is 26.3 Å². The number of aliphatic hydroxyl groups excluding tert-OH is 1. The monoisotopic (exact) mass is 681 g/mol. The molecule has 4 amide bonds. The molecule has 16 heteroatoms. The quantitative estimate of drug-likeness (QED) is 0.261. The zero-order chi connectivity index (χ0) is 35.5. The topological polar surface area (TPSA) is 206 Å². The number of H-pyrrole nitrogens is 1. The van der Waals surface area contributed by atoms with Crippen molar-refractivity contribution in [2.75, 3.05) is 26.7 Å². The third-order valence-corrected chi connectivity index (χ3v) is 7.97. The maximum absolute atomic E-state index is 13.4. The number of fused-ring (bicyclic) bond motifs is 4. The van der Waals surface area contributed by atoms with Gasteiger partial charge in [-0.1, -0.05) is 19.1 Å². The lowest BCUT2D eigenvalue weighted by molar-refractivity contribution is -0.132. The maximum Gasteiger partial charge on any atom is 0.271 e. The van der Waals surface area contributed by atoms with Gasteiger partial charge < -0.3 is 40.4 Å². The van der Waals surface area contributed by atoms with Crippen molar-refractivity contribution in [3.05, 3.63) is 53.4 Å². The Morgan fingerprint density at radius 3 is 2.55 bits per heavy atom. The molecule has 0 fully saturated rings. The number of methoxy groups -OCH3 is 1. The van der Waals surface area contributed by atoms with E-state index in [-0.39, 0.29) is 42.7 Å². The van der Waals surface area contributed by atoms with E-state index in [2.05, 4.69) is 36.2 Å². The average molecular weight is 682 g/mol. The van der Waals surface area contributed by atoms with E-state index < -0.39 is 35.9 Å². The number of nitrogens with one attached hydrogen (secondary N) is 4. The molecule has 0 radical (unpaired) electrons. The first-order valence-corrected chi connectivity index (χ1v) is 16.5. The van der Waals surface area contributed by atoms with Gasteiger partial charge in [-0.15, -0.1) is 5.10 Å². The van der Waals surface area contributed by atoms with Crippen molar-refractivity contribution in [2.45, 2.75) is 84.7 Å². The minimum atomic E-state index is -1.25. The van der Waals surface area contributed by atoms with Gasteiger partial charge in [0.1, 0.15) is 35.9 Å². The van der Waals surface area contributed by atoms with Crippen LogP contribution >= 0.6 is 0 Å². The molecule has 0 saturated heterocycles. The van der Waals surface area contributed by atoms with Gasteiger partial charge in [0.25, 0.3) is 11.8 Å². The van der Waals surface area contributed by atoms with Crippen LogP contribution in [0.1, 0.15) is 78.8 Å². The van der Waals surface area contributed by atoms with Crippen molar-refractivity contribution in [1.82, 2.24) is 45.8 Å². The molecule has 3 atom stereocenters. The van der Waals surface area contributed by atoms with E-state index >= 15 is 0 Å². The van der Waals surface area contributed by atoms with Gasteiger partial charge in [0.2, 0.25) is 11.8 Å². The number of benzene rings is 1. The highest BCUT2D eigenvalue weighted by Crippen LogP contribution is 2.29. The summed E-state index contributed by atoms with van der Waals surface area (Å²) >= 11 is 0. The van der Waals surface area contributed by atoms with Gasteiger partial charge >= 0.3 is 0 Å². The van der Waals surface area contributed by atoms with Crippen LogP contribution in [-0.2, 0) is 22.7 Å². The fourth-order valence-electron chi connectivity index (χ4n) is 5.39. The van der Waals surface area contributed by atoms with Crippen molar-refractivity contribution >= 4 is 23.6 Å². The summed E-state index contributed by atoms with van der Waals surface area (Å²) in [6.45, 7) is 8.68. The Balaban J connectivity index is 1.58. The summed E-state index contributed by atoms with van der Waals surface area (Å²) in [4.78, 5) is 62.1. The Morgan fingerprint density at radius 2 is 1.86 bits per heavy atom. The molecule has 4 bridgehead atoms. The number of imidazole rings is 1. The number of carbonyl (C=O) groups excluding carboxylic acids is 4. The number of nitrogens with zero attached hydrogens (tertiary/aromatic N) is 5. The van der Waals surface area contributed by atoms with Crippen molar-refractivity contribution in [2.24, 2.45) is 5.92 Å². The van der Waals surface area contributed by atoms with Crippen LogP contribution in [0.25, 0.3) is 0 Å². The van der Waals surface area contributed by atoms with Gasteiger partial charge in [-0.3, -0.25) is 23.9 Å². The van der Waals surface area contributed by atoms with Gasteiger partial charge in [-0.2, -0.15) is 0 Å². The standard InChI is InChI=1S/C33H47N9O7/c1-20(2)15-25-31(45)38-29(21(3)43)32(46)34-11-6-7-12-41(33(47)26-17-35-22(4)36-26)13-8-14-42-18-24(39-40-42)19-49-28-16-23(30(44)37-25)9-10-27(28)48-5/h9-10,16-18,20-21,25,29,43H,6-8,11-15,19H2,1-5H3,(H,34,46)(H,35,36)(H,37,44)(H,38,45)/t21-,25-,29+/m1/s1. The molecule has 3 aromatic rings. The van der Waals surface area contributed by atoms with Gasteiger partial charge in [0.15, 0.2) is 11.5 Å². The van der Waals surface area contributed by atoms with Crippen LogP contribution in [0.5, 0.6) is 11.5 Å². The summed E-state index contributed by atoms with van der Waals surface area (Å²) in [6.07, 6.45) is 4.07. The van der Waals surface area contributed by atoms with E-state index in [0.29, 0.717) is 61.9 Å². The molecular weight excluding hydrogens is 634 g/mol. The maximum atomic E-state index is 13.4. The van der Waals surface area contributed by atoms with Crippen molar-refractivity contribution in [1.29, 1.82) is 0 Å². The molecule has 3 heterocycles. The SMILES string of the molecule is COc1ccc2cc1OCc1cn(nn1)CCCN(C(=O)c1cnc(C)[nH]1)CCCCNC(=O)[C@H]([C@@H](C)O)NC(=O)[C@@H](CC(C)C)NC2=O. The number of carbonyl (C=O) groups is 4. The Morgan fingerprint density at radius 1 is 1.08 bits per heavy atom. The molecule has 0 unspecified atom stereocenters. The highest BCUT2D eigenvalue weighted by Gasteiger charge is 2.30. The highest BCUT2D eigenvalue weighted by atomic mass is 16.5. The number of hydrogen-bond donors (Lipinski definition) is 5. The summed E-state index contributed by atoms with van der Waals surface area (Å²) in [6, 6.07) is 2.42.